The van der Waals surface area contributed by atoms with Crippen LogP contribution in [0.5, 0.6) is 5.75 Å². The molecule has 1 aromatic carbocycles. The van der Waals surface area contributed by atoms with Crippen LogP contribution in [0.25, 0.3) is 0 Å². The van der Waals surface area contributed by atoms with E-state index in [0.717, 1.165) is 23.6 Å². The maximum atomic E-state index is 5.81. The minimum atomic E-state index is 0.159. The van der Waals surface area contributed by atoms with Crippen LogP contribution in [0.1, 0.15) is 39.0 Å². The lowest BCUT2D eigenvalue weighted by Gasteiger charge is -2.20. The third kappa shape index (κ3) is 3.53. The number of nitrogens with one attached hydrogen (secondary N) is 1. The van der Waals surface area contributed by atoms with Gasteiger partial charge in [-0.2, -0.15) is 0 Å². The summed E-state index contributed by atoms with van der Waals surface area (Å²) >= 11 is 0. The Morgan fingerprint density at radius 2 is 1.95 bits per heavy atom. The third-order valence-corrected chi connectivity index (χ3v) is 2.87. The Bertz CT molecular complexity index is 491. The third-order valence-electron chi connectivity index (χ3n) is 2.87. The summed E-state index contributed by atoms with van der Waals surface area (Å²) in [4.78, 5) is 0. The molecular formula is C16H21NO2. The van der Waals surface area contributed by atoms with Crippen LogP contribution in [-0.2, 0) is 0 Å². The molecule has 19 heavy (non-hydrogen) atoms. The molecule has 0 saturated heterocycles. The summed E-state index contributed by atoms with van der Waals surface area (Å²) in [6.45, 7) is 6.19. The van der Waals surface area contributed by atoms with E-state index in [-0.39, 0.29) is 12.1 Å². The maximum absolute atomic E-state index is 5.81. The molecule has 2 rings (SSSR count). The average Bonchev–Trinajstić information content (AvgIpc) is 2.91. The summed E-state index contributed by atoms with van der Waals surface area (Å²) in [6.07, 6.45) is 2.81. The topological polar surface area (TPSA) is 34.4 Å². The van der Waals surface area contributed by atoms with Gasteiger partial charge in [0.05, 0.1) is 24.1 Å². The molecular weight excluding hydrogens is 238 g/mol. The molecule has 1 atom stereocenters. The predicted molar refractivity (Wildman–Crippen MR) is 77.6 cm³/mol. The second kappa shape index (κ2) is 6.32. The van der Waals surface area contributed by atoms with Gasteiger partial charge in [0.2, 0.25) is 0 Å². The molecule has 0 aliphatic rings. The number of ether oxygens (including phenoxy) is 1. The largest absolute Gasteiger partial charge is 0.489 e. The highest BCUT2D eigenvalue weighted by Gasteiger charge is 2.14. The van der Waals surface area contributed by atoms with E-state index in [2.05, 4.69) is 12.2 Å². The minimum Gasteiger partial charge on any atom is -0.489 e. The van der Waals surface area contributed by atoms with Crippen molar-refractivity contribution in [1.29, 1.82) is 0 Å². The van der Waals surface area contributed by atoms with Crippen molar-refractivity contribution in [3.05, 3.63) is 48.4 Å². The Kier molecular flexibility index (Phi) is 4.50. The standard InChI is InChI=1S/C16H21NO2/c1-4-13(15-10-7-11-18-15)17-14-8-5-6-9-16(14)19-12(2)3/h5-13,17H,4H2,1-3H3. The molecule has 0 aliphatic heterocycles. The van der Waals surface area contributed by atoms with Crippen LogP contribution in [-0.4, -0.2) is 6.10 Å². The van der Waals surface area contributed by atoms with Crippen molar-refractivity contribution in [2.24, 2.45) is 0 Å². The first-order valence-corrected chi connectivity index (χ1v) is 6.76. The first kappa shape index (κ1) is 13.5. The SMILES string of the molecule is CCC(Nc1ccccc1OC(C)C)c1ccco1. The van der Waals surface area contributed by atoms with Crippen LogP contribution in [0.3, 0.4) is 0 Å². The van der Waals surface area contributed by atoms with Crippen molar-refractivity contribution in [3.63, 3.8) is 0 Å². The van der Waals surface area contributed by atoms with Crippen LogP contribution < -0.4 is 10.1 Å². The van der Waals surface area contributed by atoms with E-state index in [0.29, 0.717) is 0 Å². The Morgan fingerprint density at radius 3 is 2.58 bits per heavy atom. The molecule has 1 heterocycles. The van der Waals surface area contributed by atoms with Crippen LogP contribution in [0.15, 0.2) is 47.1 Å². The Hall–Kier alpha value is -1.90. The lowest BCUT2D eigenvalue weighted by atomic mass is 10.1. The van der Waals surface area contributed by atoms with Crippen molar-refractivity contribution in [2.45, 2.75) is 39.3 Å². The molecule has 0 fully saturated rings. The average molecular weight is 259 g/mol. The molecule has 0 radical (unpaired) electrons. The molecule has 1 aromatic heterocycles. The Balaban J connectivity index is 2.17. The fourth-order valence-electron chi connectivity index (χ4n) is 1.99. The molecule has 102 valence electrons. The van der Waals surface area contributed by atoms with Crippen LogP contribution in [0, 0.1) is 0 Å². The van der Waals surface area contributed by atoms with Gasteiger partial charge in [-0.25, -0.2) is 0 Å². The number of benzene rings is 1. The van der Waals surface area contributed by atoms with Gasteiger partial charge in [-0.3, -0.25) is 0 Å². The smallest absolute Gasteiger partial charge is 0.142 e. The van der Waals surface area contributed by atoms with Crippen molar-refractivity contribution in [1.82, 2.24) is 0 Å². The van der Waals surface area contributed by atoms with Crippen molar-refractivity contribution in [3.8, 4) is 5.75 Å². The fraction of sp³-hybridized carbons (Fsp3) is 0.375. The van der Waals surface area contributed by atoms with Crippen molar-refractivity contribution in [2.75, 3.05) is 5.32 Å². The molecule has 2 aromatic rings. The zero-order valence-electron chi connectivity index (χ0n) is 11.7. The second-order valence-electron chi connectivity index (χ2n) is 4.78. The zero-order chi connectivity index (χ0) is 13.7. The molecule has 0 spiro atoms. The van der Waals surface area contributed by atoms with Crippen LogP contribution in [0.2, 0.25) is 0 Å². The first-order valence-electron chi connectivity index (χ1n) is 6.76. The number of hydrogen-bond acceptors (Lipinski definition) is 3. The van der Waals surface area contributed by atoms with Crippen molar-refractivity contribution >= 4 is 5.69 Å². The zero-order valence-corrected chi connectivity index (χ0v) is 11.7. The van der Waals surface area contributed by atoms with E-state index < -0.39 is 0 Å². The second-order valence-corrected chi connectivity index (χ2v) is 4.78. The van der Waals surface area contributed by atoms with E-state index >= 15 is 0 Å². The molecule has 1 N–H and O–H groups in total. The normalized spacial score (nSPS) is 12.4. The van der Waals surface area contributed by atoms with E-state index in [4.69, 9.17) is 9.15 Å². The van der Waals surface area contributed by atoms with Gasteiger partial charge in [0.1, 0.15) is 11.5 Å². The number of hydrogen-bond donors (Lipinski definition) is 1. The Morgan fingerprint density at radius 1 is 1.16 bits per heavy atom. The summed E-state index contributed by atoms with van der Waals surface area (Å²) in [5, 5.41) is 3.49. The van der Waals surface area contributed by atoms with E-state index in [1.807, 2.05) is 50.2 Å². The summed E-state index contributed by atoms with van der Waals surface area (Å²) in [5.74, 6) is 1.82. The van der Waals surface area contributed by atoms with Crippen LogP contribution >= 0.6 is 0 Å². The quantitative estimate of drug-likeness (QED) is 0.821. The highest BCUT2D eigenvalue weighted by Crippen LogP contribution is 2.30. The predicted octanol–water partition coefficient (Wildman–Crippen LogP) is 4.63. The lowest BCUT2D eigenvalue weighted by molar-refractivity contribution is 0.243. The van der Waals surface area contributed by atoms with Crippen LogP contribution in [0.4, 0.5) is 5.69 Å². The minimum absolute atomic E-state index is 0.159. The number of rotatable bonds is 6. The fourth-order valence-corrected chi connectivity index (χ4v) is 1.99. The molecule has 0 bridgehead atoms. The first-order chi connectivity index (χ1) is 9.20. The summed E-state index contributed by atoms with van der Waals surface area (Å²) in [7, 11) is 0. The lowest BCUT2D eigenvalue weighted by Crippen LogP contribution is -2.12. The number of anilines is 1. The van der Waals surface area contributed by atoms with E-state index in [1.165, 1.54) is 0 Å². The molecule has 0 saturated carbocycles. The molecule has 3 nitrogen and oxygen atoms in total. The molecule has 0 aliphatic carbocycles. The van der Waals surface area contributed by atoms with Gasteiger partial charge in [0, 0.05) is 0 Å². The highest BCUT2D eigenvalue weighted by molar-refractivity contribution is 5.57. The summed E-state index contributed by atoms with van der Waals surface area (Å²) in [6, 6.07) is 12.1. The van der Waals surface area contributed by atoms with Gasteiger partial charge in [0.15, 0.2) is 0 Å². The van der Waals surface area contributed by atoms with Gasteiger partial charge >= 0.3 is 0 Å². The maximum Gasteiger partial charge on any atom is 0.142 e. The highest BCUT2D eigenvalue weighted by atomic mass is 16.5. The van der Waals surface area contributed by atoms with Gasteiger partial charge in [-0.05, 0) is 44.5 Å². The molecule has 3 heteroatoms. The summed E-state index contributed by atoms with van der Waals surface area (Å²) < 4.78 is 11.3. The summed E-state index contributed by atoms with van der Waals surface area (Å²) in [5.41, 5.74) is 0.999. The van der Waals surface area contributed by atoms with Gasteiger partial charge in [-0.15, -0.1) is 0 Å². The van der Waals surface area contributed by atoms with E-state index in [9.17, 15) is 0 Å². The van der Waals surface area contributed by atoms with Crippen molar-refractivity contribution < 1.29 is 9.15 Å². The number of para-hydroxylation sites is 2. The number of furan rings is 1. The Labute approximate surface area is 114 Å². The van der Waals surface area contributed by atoms with Gasteiger partial charge in [-0.1, -0.05) is 19.1 Å². The molecule has 1 unspecified atom stereocenters. The molecule has 0 amide bonds. The monoisotopic (exact) mass is 259 g/mol. The van der Waals surface area contributed by atoms with Gasteiger partial charge < -0.3 is 14.5 Å². The van der Waals surface area contributed by atoms with Gasteiger partial charge in [0.25, 0.3) is 0 Å². The van der Waals surface area contributed by atoms with E-state index in [1.54, 1.807) is 6.26 Å².